The molecule has 7 heteroatoms. The van der Waals surface area contributed by atoms with Gasteiger partial charge in [0.05, 0.1) is 20.8 Å². The van der Waals surface area contributed by atoms with E-state index < -0.39 is 0 Å². The Kier molecular flexibility index (Phi) is 5.58. The minimum atomic E-state index is 0.143. The van der Waals surface area contributed by atoms with E-state index in [4.69, 9.17) is 23.4 Å². The van der Waals surface area contributed by atoms with Crippen LogP contribution in [0.4, 0.5) is 0 Å². The summed E-state index contributed by atoms with van der Waals surface area (Å²) in [4.78, 5) is 0. The largest absolute Gasteiger partial charge is 0.493 e. The summed E-state index contributed by atoms with van der Waals surface area (Å²) in [5.41, 5.74) is 0.733. The number of ether oxygens (including phenoxy) is 4. The maximum absolute atomic E-state index is 5.74. The van der Waals surface area contributed by atoms with Gasteiger partial charge in [0.25, 0.3) is 5.89 Å². The summed E-state index contributed by atoms with van der Waals surface area (Å²) in [6.07, 6.45) is 0. The van der Waals surface area contributed by atoms with Crippen molar-refractivity contribution in [2.45, 2.75) is 13.5 Å². The van der Waals surface area contributed by atoms with E-state index >= 15 is 0 Å². The number of hydrogen-bond donors (Lipinski definition) is 0. The second-order valence-corrected chi connectivity index (χ2v) is 5.24. The van der Waals surface area contributed by atoms with E-state index in [0.29, 0.717) is 41.4 Å². The Morgan fingerprint density at radius 1 is 0.846 bits per heavy atom. The van der Waals surface area contributed by atoms with Crippen molar-refractivity contribution in [2.75, 3.05) is 20.8 Å². The molecule has 0 aliphatic rings. The molecule has 1 aromatic heterocycles. The monoisotopic (exact) mass is 356 g/mol. The van der Waals surface area contributed by atoms with Crippen molar-refractivity contribution in [3.8, 4) is 34.5 Å². The molecule has 0 spiro atoms. The molecule has 2 aromatic carbocycles. The molecule has 0 amide bonds. The second-order valence-electron chi connectivity index (χ2n) is 5.24. The Hall–Kier alpha value is -3.22. The van der Waals surface area contributed by atoms with Crippen LogP contribution in [0.2, 0.25) is 0 Å². The molecule has 26 heavy (non-hydrogen) atoms. The first kappa shape index (κ1) is 17.6. The Morgan fingerprint density at radius 3 is 2.27 bits per heavy atom. The topological polar surface area (TPSA) is 75.8 Å². The maximum Gasteiger partial charge on any atom is 0.254 e. The smallest absolute Gasteiger partial charge is 0.254 e. The van der Waals surface area contributed by atoms with E-state index in [-0.39, 0.29) is 6.61 Å². The third-order valence-electron chi connectivity index (χ3n) is 3.60. The second kappa shape index (κ2) is 8.24. The fourth-order valence-electron chi connectivity index (χ4n) is 2.38. The molecule has 3 rings (SSSR count). The molecule has 0 N–H and O–H groups in total. The lowest BCUT2D eigenvalue weighted by molar-refractivity contribution is 0.243. The molecule has 0 saturated heterocycles. The van der Waals surface area contributed by atoms with E-state index in [0.717, 1.165) is 5.56 Å². The van der Waals surface area contributed by atoms with Gasteiger partial charge in [0, 0.05) is 5.56 Å². The van der Waals surface area contributed by atoms with Gasteiger partial charge >= 0.3 is 0 Å². The van der Waals surface area contributed by atoms with Gasteiger partial charge in [0.15, 0.2) is 29.6 Å². The third kappa shape index (κ3) is 3.88. The normalized spacial score (nSPS) is 10.4. The summed E-state index contributed by atoms with van der Waals surface area (Å²) >= 11 is 0. The molecule has 7 nitrogen and oxygen atoms in total. The zero-order valence-electron chi connectivity index (χ0n) is 14.9. The van der Waals surface area contributed by atoms with Crippen LogP contribution in [0.15, 0.2) is 46.9 Å². The molecule has 0 fully saturated rings. The van der Waals surface area contributed by atoms with Crippen LogP contribution in [0, 0.1) is 0 Å². The number of methoxy groups -OCH3 is 2. The molecule has 1 heterocycles. The lowest BCUT2D eigenvalue weighted by Crippen LogP contribution is -1.99. The van der Waals surface area contributed by atoms with Gasteiger partial charge in [-0.2, -0.15) is 0 Å². The molecule has 0 radical (unpaired) electrons. The average Bonchev–Trinajstić information content (AvgIpc) is 3.16. The standard InChI is InChI=1S/C19H20N2O5/c1-4-24-15-7-5-6-8-16(15)25-12-18-20-21-19(26-18)13-9-10-14(22-2)17(11-13)23-3/h5-11H,4,12H2,1-3H3. The quantitative estimate of drug-likeness (QED) is 0.608. The van der Waals surface area contributed by atoms with Gasteiger partial charge in [-0.15, -0.1) is 10.2 Å². The van der Waals surface area contributed by atoms with Crippen LogP contribution >= 0.6 is 0 Å². The highest BCUT2D eigenvalue weighted by Gasteiger charge is 2.13. The van der Waals surface area contributed by atoms with Crippen LogP contribution in [0.3, 0.4) is 0 Å². The summed E-state index contributed by atoms with van der Waals surface area (Å²) in [5, 5.41) is 8.09. The fraction of sp³-hybridized carbons (Fsp3) is 0.263. The molecular weight excluding hydrogens is 336 g/mol. The predicted molar refractivity (Wildman–Crippen MR) is 94.8 cm³/mol. The molecule has 3 aromatic rings. The van der Waals surface area contributed by atoms with Crippen molar-refractivity contribution in [2.24, 2.45) is 0 Å². The average molecular weight is 356 g/mol. The van der Waals surface area contributed by atoms with Crippen LogP contribution < -0.4 is 18.9 Å². The highest BCUT2D eigenvalue weighted by molar-refractivity contribution is 5.59. The van der Waals surface area contributed by atoms with E-state index in [2.05, 4.69) is 10.2 Å². The molecule has 136 valence electrons. The van der Waals surface area contributed by atoms with Gasteiger partial charge < -0.3 is 23.4 Å². The first-order valence-corrected chi connectivity index (χ1v) is 8.14. The van der Waals surface area contributed by atoms with Crippen molar-refractivity contribution in [1.82, 2.24) is 10.2 Å². The fourth-order valence-corrected chi connectivity index (χ4v) is 2.38. The number of hydrogen-bond acceptors (Lipinski definition) is 7. The number of benzene rings is 2. The van der Waals surface area contributed by atoms with Gasteiger partial charge in [0.1, 0.15) is 0 Å². The Morgan fingerprint density at radius 2 is 1.58 bits per heavy atom. The van der Waals surface area contributed by atoms with Crippen LogP contribution in [-0.4, -0.2) is 31.0 Å². The van der Waals surface area contributed by atoms with E-state index in [1.54, 1.807) is 26.4 Å². The molecule has 0 unspecified atom stereocenters. The summed E-state index contributed by atoms with van der Waals surface area (Å²) < 4.78 is 27.5. The Balaban J connectivity index is 1.73. The third-order valence-corrected chi connectivity index (χ3v) is 3.60. The van der Waals surface area contributed by atoms with Crippen LogP contribution in [0.5, 0.6) is 23.0 Å². The van der Waals surface area contributed by atoms with Gasteiger partial charge in [-0.25, -0.2) is 0 Å². The molecule has 0 saturated carbocycles. The van der Waals surface area contributed by atoms with Gasteiger partial charge in [-0.05, 0) is 37.3 Å². The summed E-state index contributed by atoms with van der Waals surface area (Å²) in [6, 6.07) is 12.8. The molecule has 0 aliphatic heterocycles. The maximum atomic E-state index is 5.74. The SMILES string of the molecule is CCOc1ccccc1OCc1nnc(-c2ccc(OC)c(OC)c2)o1. The van der Waals surface area contributed by atoms with Crippen molar-refractivity contribution >= 4 is 0 Å². The van der Waals surface area contributed by atoms with Crippen molar-refractivity contribution in [3.63, 3.8) is 0 Å². The molecule has 0 aliphatic carbocycles. The van der Waals surface area contributed by atoms with Gasteiger partial charge in [0.2, 0.25) is 5.89 Å². The highest BCUT2D eigenvalue weighted by Crippen LogP contribution is 2.32. The van der Waals surface area contributed by atoms with Crippen molar-refractivity contribution in [1.29, 1.82) is 0 Å². The van der Waals surface area contributed by atoms with Crippen LogP contribution in [-0.2, 0) is 6.61 Å². The number of nitrogens with zero attached hydrogens (tertiary/aromatic N) is 2. The number of para-hydroxylation sites is 2. The summed E-state index contributed by atoms with van der Waals surface area (Å²) in [5.74, 6) is 3.26. The highest BCUT2D eigenvalue weighted by atomic mass is 16.5. The minimum absolute atomic E-state index is 0.143. The minimum Gasteiger partial charge on any atom is -0.493 e. The lowest BCUT2D eigenvalue weighted by atomic mass is 10.2. The van der Waals surface area contributed by atoms with Crippen LogP contribution in [0.25, 0.3) is 11.5 Å². The molecule has 0 bridgehead atoms. The number of rotatable bonds is 8. The summed E-state index contributed by atoms with van der Waals surface area (Å²) in [6.45, 7) is 2.62. The summed E-state index contributed by atoms with van der Waals surface area (Å²) in [7, 11) is 3.16. The Labute approximate surface area is 151 Å². The van der Waals surface area contributed by atoms with Crippen LogP contribution in [0.1, 0.15) is 12.8 Å². The predicted octanol–water partition coefficient (Wildman–Crippen LogP) is 3.73. The number of aromatic nitrogens is 2. The van der Waals surface area contributed by atoms with Gasteiger partial charge in [-0.3, -0.25) is 0 Å². The van der Waals surface area contributed by atoms with E-state index in [1.807, 2.05) is 37.3 Å². The van der Waals surface area contributed by atoms with E-state index in [1.165, 1.54) is 0 Å². The Bertz CT molecular complexity index is 863. The van der Waals surface area contributed by atoms with Crippen molar-refractivity contribution < 1.29 is 23.4 Å². The van der Waals surface area contributed by atoms with Gasteiger partial charge in [-0.1, -0.05) is 12.1 Å². The molecular formula is C19H20N2O5. The molecule has 0 atom stereocenters. The zero-order chi connectivity index (χ0) is 18.4. The first-order valence-electron chi connectivity index (χ1n) is 8.14. The van der Waals surface area contributed by atoms with E-state index in [9.17, 15) is 0 Å². The zero-order valence-corrected chi connectivity index (χ0v) is 14.9. The lowest BCUT2D eigenvalue weighted by Gasteiger charge is -2.09. The van der Waals surface area contributed by atoms with Crippen molar-refractivity contribution in [3.05, 3.63) is 48.4 Å². The first-order chi connectivity index (χ1) is 12.7.